The van der Waals surface area contributed by atoms with E-state index in [1.807, 2.05) is 19.1 Å². The first-order valence-electron chi connectivity index (χ1n) is 8.70. The zero-order valence-electron chi connectivity index (χ0n) is 14.3. The molecule has 8 nitrogen and oxygen atoms in total. The molecule has 8 heteroatoms. The highest BCUT2D eigenvalue weighted by molar-refractivity contribution is 5.95. The van der Waals surface area contributed by atoms with Crippen LogP contribution >= 0.6 is 0 Å². The van der Waals surface area contributed by atoms with Gasteiger partial charge in [-0.2, -0.15) is 4.68 Å². The summed E-state index contributed by atoms with van der Waals surface area (Å²) in [5.41, 5.74) is 1.37. The predicted octanol–water partition coefficient (Wildman–Crippen LogP) is 0.564. The number of amides is 1. The lowest BCUT2D eigenvalue weighted by Crippen LogP contribution is -2.50. The zero-order valence-corrected chi connectivity index (χ0v) is 14.3. The highest BCUT2D eigenvalue weighted by atomic mass is 16.5. The van der Waals surface area contributed by atoms with Gasteiger partial charge in [0.25, 0.3) is 5.91 Å². The lowest BCUT2D eigenvalue weighted by Gasteiger charge is -2.27. The molecular formula is C17H22N6O2. The topological polar surface area (TPSA) is 85.2 Å². The first-order chi connectivity index (χ1) is 12.2. The minimum atomic E-state index is -0.0905. The van der Waals surface area contributed by atoms with Crippen molar-refractivity contribution in [3.8, 4) is 5.69 Å². The first-order valence-corrected chi connectivity index (χ1v) is 8.70. The molecule has 2 atom stereocenters. The van der Waals surface area contributed by atoms with Gasteiger partial charge >= 0.3 is 0 Å². The molecule has 0 saturated carbocycles. The molecule has 0 spiro atoms. The largest absolute Gasteiger partial charge is 0.378 e. The molecule has 0 radical (unpaired) electrons. The fourth-order valence-electron chi connectivity index (χ4n) is 3.61. The maximum absolute atomic E-state index is 12.7. The van der Waals surface area contributed by atoms with Crippen molar-refractivity contribution >= 4 is 5.91 Å². The highest BCUT2D eigenvalue weighted by Crippen LogP contribution is 2.20. The van der Waals surface area contributed by atoms with Crippen LogP contribution in [0.1, 0.15) is 29.0 Å². The van der Waals surface area contributed by atoms with Crippen molar-refractivity contribution in [3.05, 3.63) is 35.7 Å². The molecule has 2 fully saturated rings. The Morgan fingerprint density at radius 3 is 2.88 bits per heavy atom. The number of benzene rings is 1. The number of rotatable bonds is 4. The third kappa shape index (κ3) is 3.27. The molecule has 0 aliphatic carbocycles. The van der Waals surface area contributed by atoms with Crippen LogP contribution in [0.3, 0.4) is 0 Å². The Kier molecular flexibility index (Phi) is 4.46. The number of hydrogen-bond acceptors (Lipinski definition) is 6. The van der Waals surface area contributed by atoms with Crippen molar-refractivity contribution < 1.29 is 9.53 Å². The first kappa shape index (κ1) is 16.2. The fraction of sp³-hybridized carbons (Fsp3) is 0.529. The van der Waals surface area contributed by atoms with Gasteiger partial charge in [-0.3, -0.25) is 9.69 Å². The molecule has 25 heavy (non-hydrogen) atoms. The predicted molar refractivity (Wildman–Crippen MR) is 90.6 cm³/mol. The van der Waals surface area contributed by atoms with Crippen LogP contribution in [-0.4, -0.2) is 69.4 Å². The third-order valence-electron chi connectivity index (χ3n) is 4.95. The number of aryl methyl sites for hydroxylation is 1. The number of tetrazole rings is 1. The number of likely N-dealkylation sites (tertiary alicyclic amines) is 1. The van der Waals surface area contributed by atoms with Gasteiger partial charge in [-0.05, 0) is 61.5 Å². The van der Waals surface area contributed by atoms with Crippen LogP contribution in [0.4, 0.5) is 0 Å². The van der Waals surface area contributed by atoms with Crippen LogP contribution in [0.15, 0.2) is 24.3 Å². The number of carbonyl (C=O) groups is 1. The summed E-state index contributed by atoms with van der Waals surface area (Å²) < 4.78 is 7.24. The average molecular weight is 342 g/mol. The number of ether oxygens (including phenoxy) is 1. The molecule has 2 aliphatic rings. The molecule has 0 unspecified atom stereocenters. The molecule has 132 valence electrons. The van der Waals surface area contributed by atoms with Crippen molar-refractivity contribution in [1.29, 1.82) is 0 Å². The molecule has 1 N–H and O–H groups in total. The summed E-state index contributed by atoms with van der Waals surface area (Å²) in [4.78, 5) is 15.2. The summed E-state index contributed by atoms with van der Waals surface area (Å²) in [5, 5.41) is 14.6. The van der Waals surface area contributed by atoms with Crippen molar-refractivity contribution in [2.45, 2.75) is 31.8 Å². The van der Waals surface area contributed by atoms with Crippen LogP contribution in [-0.2, 0) is 4.74 Å². The number of nitrogens with one attached hydrogen (secondary N) is 1. The highest BCUT2D eigenvalue weighted by Gasteiger charge is 2.35. The van der Waals surface area contributed by atoms with E-state index in [4.69, 9.17) is 4.74 Å². The number of carbonyl (C=O) groups excluding carboxylic acids is 1. The summed E-state index contributed by atoms with van der Waals surface area (Å²) in [6.07, 6.45) is 2.45. The minimum absolute atomic E-state index is 0.0315. The molecule has 1 aromatic heterocycles. The number of nitrogens with zero attached hydrogens (tertiary/aromatic N) is 5. The molecule has 4 rings (SSSR count). The SMILES string of the molecule is Cc1nnnn1-c1cccc(C(=O)N[C@@H]2COC[C@H]2N2CCCC2)c1. The van der Waals surface area contributed by atoms with Crippen molar-refractivity contribution in [1.82, 2.24) is 30.4 Å². The smallest absolute Gasteiger partial charge is 0.251 e. The minimum Gasteiger partial charge on any atom is -0.378 e. The molecule has 2 aromatic rings. The summed E-state index contributed by atoms with van der Waals surface area (Å²) >= 11 is 0. The molecule has 0 bridgehead atoms. The van der Waals surface area contributed by atoms with E-state index in [0.717, 1.165) is 18.8 Å². The Morgan fingerprint density at radius 1 is 1.28 bits per heavy atom. The standard InChI is InChI=1S/C17H22N6O2/c1-12-19-20-21-23(12)14-6-4-5-13(9-14)17(24)18-15-10-25-11-16(15)22-7-2-3-8-22/h4-6,9,15-16H,2-3,7-8,10-11H2,1H3,(H,18,24)/t15-,16-/m1/s1. The molecule has 2 aliphatic heterocycles. The van der Waals surface area contributed by atoms with Gasteiger partial charge in [0.1, 0.15) is 0 Å². The Hall–Kier alpha value is -2.32. The van der Waals surface area contributed by atoms with Gasteiger partial charge < -0.3 is 10.1 Å². The fourth-order valence-corrected chi connectivity index (χ4v) is 3.61. The van der Waals surface area contributed by atoms with Crippen LogP contribution < -0.4 is 5.32 Å². The zero-order chi connectivity index (χ0) is 17.2. The van der Waals surface area contributed by atoms with E-state index in [-0.39, 0.29) is 18.0 Å². The van der Waals surface area contributed by atoms with Gasteiger partial charge in [0.05, 0.1) is 31.0 Å². The Labute approximate surface area is 146 Å². The lowest BCUT2D eigenvalue weighted by atomic mass is 10.1. The quantitative estimate of drug-likeness (QED) is 0.874. The van der Waals surface area contributed by atoms with E-state index in [1.54, 1.807) is 16.8 Å². The van der Waals surface area contributed by atoms with Gasteiger partial charge in [-0.25, -0.2) is 0 Å². The summed E-state index contributed by atoms with van der Waals surface area (Å²) in [6.45, 7) is 5.26. The Balaban J connectivity index is 1.48. The molecule has 1 aromatic carbocycles. The molecule has 3 heterocycles. The Bertz CT molecular complexity index is 755. The normalized spacial score (nSPS) is 23.9. The van der Waals surface area contributed by atoms with Gasteiger partial charge in [0.15, 0.2) is 5.82 Å². The van der Waals surface area contributed by atoms with Crippen LogP contribution in [0.5, 0.6) is 0 Å². The van der Waals surface area contributed by atoms with Gasteiger partial charge in [-0.1, -0.05) is 6.07 Å². The van der Waals surface area contributed by atoms with Gasteiger partial charge in [0, 0.05) is 5.56 Å². The molecule has 1 amide bonds. The summed E-state index contributed by atoms with van der Waals surface area (Å²) in [5.74, 6) is 0.586. The summed E-state index contributed by atoms with van der Waals surface area (Å²) in [7, 11) is 0. The van der Waals surface area contributed by atoms with Gasteiger partial charge in [-0.15, -0.1) is 5.10 Å². The van der Waals surface area contributed by atoms with E-state index in [1.165, 1.54) is 12.8 Å². The maximum atomic E-state index is 12.7. The second kappa shape index (κ2) is 6.89. The van der Waals surface area contributed by atoms with Crippen molar-refractivity contribution in [2.75, 3.05) is 26.3 Å². The maximum Gasteiger partial charge on any atom is 0.251 e. The van der Waals surface area contributed by atoms with Crippen molar-refractivity contribution in [3.63, 3.8) is 0 Å². The number of hydrogen-bond donors (Lipinski definition) is 1. The van der Waals surface area contributed by atoms with Crippen molar-refractivity contribution in [2.24, 2.45) is 0 Å². The van der Waals surface area contributed by atoms with E-state index in [0.29, 0.717) is 24.6 Å². The third-order valence-corrected chi connectivity index (χ3v) is 4.95. The van der Waals surface area contributed by atoms with E-state index >= 15 is 0 Å². The molecular weight excluding hydrogens is 320 g/mol. The van der Waals surface area contributed by atoms with Gasteiger partial charge in [0.2, 0.25) is 0 Å². The van der Waals surface area contributed by atoms with Crippen LogP contribution in [0.2, 0.25) is 0 Å². The monoisotopic (exact) mass is 342 g/mol. The van der Waals surface area contributed by atoms with E-state index in [2.05, 4.69) is 25.7 Å². The number of aromatic nitrogens is 4. The molecule has 2 saturated heterocycles. The lowest BCUT2D eigenvalue weighted by molar-refractivity contribution is 0.0916. The van der Waals surface area contributed by atoms with Crippen LogP contribution in [0, 0.1) is 6.92 Å². The van der Waals surface area contributed by atoms with Crippen LogP contribution in [0.25, 0.3) is 5.69 Å². The van der Waals surface area contributed by atoms with E-state index in [9.17, 15) is 4.79 Å². The van der Waals surface area contributed by atoms with E-state index < -0.39 is 0 Å². The summed E-state index contributed by atoms with van der Waals surface area (Å²) in [6, 6.07) is 7.64. The second-order valence-electron chi connectivity index (χ2n) is 6.62. The average Bonchev–Trinajstić information content (AvgIpc) is 3.35. The second-order valence-corrected chi connectivity index (χ2v) is 6.62. The Morgan fingerprint density at radius 2 is 2.12 bits per heavy atom.